The molecule has 1 atom stereocenters. The lowest BCUT2D eigenvalue weighted by Crippen LogP contribution is -2.22. The van der Waals surface area contributed by atoms with E-state index in [1.807, 2.05) is 17.4 Å². The lowest BCUT2D eigenvalue weighted by Gasteiger charge is -2.23. The number of anilines is 1. The summed E-state index contributed by atoms with van der Waals surface area (Å²) in [6.07, 6.45) is 4.40. The molecule has 0 N–H and O–H groups in total. The molecule has 3 nitrogen and oxygen atoms in total. The van der Waals surface area contributed by atoms with Gasteiger partial charge in [-0.25, -0.2) is 0 Å². The summed E-state index contributed by atoms with van der Waals surface area (Å²) in [5.41, 5.74) is 2.48. The van der Waals surface area contributed by atoms with E-state index < -0.39 is 0 Å². The number of fused-ring (bicyclic) bond motifs is 2. The fraction of sp³-hybridized carbons (Fsp3) is 0.526. The van der Waals surface area contributed by atoms with Crippen molar-refractivity contribution >= 4 is 27.1 Å². The molecule has 0 amide bonds. The number of ether oxygens (including phenoxy) is 1. The number of rotatable bonds is 5. The first-order valence-corrected chi connectivity index (χ1v) is 9.24. The third-order valence-corrected chi connectivity index (χ3v) is 6.20. The van der Waals surface area contributed by atoms with Crippen LogP contribution in [-0.2, 0) is 17.6 Å². The van der Waals surface area contributed by atoms with Crippen LogP contribution in [0.15, 0.2) is 23.0 Å². The number of likely N-dealkylation sites (N-methyl/N-ethyl adjacent to an activating group) is 1. The first kappa shape index (κ1) is 16.5. The van der Waals surface area contributed by atoms with Crippen molar-refractivity contribution < 1.29 is 4.74 Å². The molecule has 0 bridgehead atoms. The Morgan fingerprint density at radius 1 is 1.39 bits per heavy atom. The van der Waals surface area contributed by atoms with E-state index in [1.165, 1.54) is 11.3 Å². The van der Waals surface area contributed by atoms with E-state index >= 15 is 0 Å². The van der Waals surface area contributed by atoms with Gasteiger partial charge in [0.05, 0.1) is 6.61 Å². The zero-order valence-corrected chi connectivity index (χ0v) is 15.0. The van der Waals surface area contributed by atoms with Crippen LogP contribution in [-0.4, -0.2) is 27.3 Å². The number of benzene rings is 1. The molecule has 4 heteroatoms. The number of nitrogens with zero attached hydrogens (tertiary/aromatic N) is 1. The van der Waals surface area contributed by atoms with Gasteiger partial charge in [-0.1, -0.05) is 13.3 Å². The number of hydrogen-bond donors (Lipinski definition) is 0. The molecule has 0 fully saturated rings. The maximum Gasteiger partial charge on any atom is 0.191 e. The van der Waals surface area contributed by atoms with Crippen LogP contribution >= 0.6 is 11.3 Å². The summed E-state index contributed by atoms with van der Waals surface area (Å²) in [5, 5.41) is 0.882. The Bertz CT molecular complexity index is 753. The maximum absolute atomic E-state index is 12.8. The molecule has 0 aliphatic heterocycles. The van der Waals surface area contributed by atoms with Gasteiger partial charge in [-0.05, 0) is 43.4 Å². The Labute approximate surface area is 141 Å². The van der Waals surface area contributed by atoms with Gasteiger partial charge in [0.15, 0.2) is 5.43 Å². The maximum atomic E-state index is 12.8. The van der Waals surface area contributed by atoms with Crippen LogP contribution in [0.3, 0.4) is 0 Å². The predicted molar refractivity (Wildman–Crippen MR) is 99.0 cm³/mol. The highest BCUT2D eigenvalue weighted by atomic mass is 32.1. The van der Waals surface area contributed by atoms with Crippen LogP contribution in [0.1, 0.15) is 30.2 Å². The van der Waals surface area contributed by atoms with Crippen LogP contribution in [0.4, 0.5) is 5.69 Å². The third kappa shape index (κ3) is 3.29. The smallest absolute Gasteiger partial charge is 0.191 e. The van der Waals surface area contributed by atoms with Crippen LogP contribution in [0.25, 0.3) is 10.1 Å². The summed E-state index contributed by atoms with van der Waals surface area (Å²) >= 11 is 1.82. The Hall–Kier alpha value is -1.39. The molecular weight excluding hydrogens is 306 g/mol. The van der Waals surface area contributed by atoms with E-state index in [4.69, 9.17) is 4.74 Å². The average molecular weight is 331 g/mol. The fourth-order valence-electron chi connectivity index (χ4n) is 3.34. The summed E-state index contributed by atoms with van der Waals surface area (Å²) in [6.45, 7) is 3.80. The van der Waals surface area contributed by atoms with Gasteiger partial charge in [0.2, 0.25) is 0 Å². The molecule has 1 aromatic carbocycles. The highest BCUT2D eigenvalue weighted by Gasteiger charge is 2.21. The lowest BCUT2D eigenvalue weighted by atomic mass is 9.87. The fourth-order valence-corrected chi connectivity index (χ4v) is 4.69. The van der Waals surface area contributed by atoms with Gasteiger partial charge in [0.25, 0.3) is 0 Å². The van der Waals surface area contributed by atoms with E-state index in [1.54, 1.807) is 7.11 Å². The molecule has 1 unspecified atom stereocenters. The monoisotopic (exact) mass is 331 g/mol. The van der Waals surface area contributed by atoms with E-state index in [-0.39, 0.29) is 5.43 Å². The minimum absolute atomic E-state index is 0.259. The van der Waals surface area contributed by atoms with Crippen molar-refractivity contribution in [2.24, 2.45) is 5.92 Å². The summed E-state index contributed by atoms with van der Waals surface area (Å²) in [5.74, 6) is 0.739. The van der Waals surface area contributed by atoms with Crippen molar-refractivity contribution in [3.05, 3.63) is 38.9 Å². The van der Waals surface area contributed by atoms with Crippen molar-refractivity contribution in [2.45, 2.75) is 32.6 Å². The molecule has 23 heavy (non-hydrogen) atoms. The molecule has 3 rings (SSSR count). The second-order valence-corrected chi connectivity index (χ2v) is 7.58. The van der Waals surface area contributed by atoms with Crippen LogP contribution in [0, 0.1) is 5.92 Å². The van der Waals surface area contributed by atoms with Crippen molar-refractivity contribution in [2.75, 3.05) is 32.2 Å². The second kappa shape index (κ2) is 7.02. The van der Waals surface area contributed by atoms with Crippen molar-refractivity contribution in [3.8, 4) is 0 Å². The van der Waals surface area contributed by atoms with E-state index in [0.717, 1.165) is 53.1 Å². The predicted octanol–water partition coefficient (Wildman–Crippen LogP) is 3.86. The highest BCUT2D eigenvalue weighted by Crippen LogP contribution is 2.33. The van der Waals surface area contributed by atoms with Crippen LogP contribution in [0.5, 0.6) is 0 Å². The van der Waals surface area contributed by atoms with Crippen molar-refractivity contribution in [1.82, 2.24) is 0 Å². The quantitative estimate of drug-likeness (QED) is 0.833. The normalized spacial score (nSPS) is 17.3. The molecule has 0 spiro atoms. The van der Waals surface area contributed by atoms with Gasteiger partial charge in [-0.15, -0.1) is 11.3 Å². The summed E-state index contributed by atoms with van der Waals surface area (Å²) in [7, 11) is 3.78. The molecule has 0 radical (unpaired) electrons. The molecule has 1 aliphatic carbocycles. The zero-order valence-electron chi connectivity index (χ0n) is 14.2. The highest BCUT2D eigenvalue weighted by molar-refractivity contribution is 7.18. The first-order chi connectivity index (χ1) is 11.1. The molecule has 124 valence electrons. The molecule has 2 aromatic rings. The van der Waals surface area contributed by atoms with Crippen molar-refractivity contribution in [3.63, 3.8) is 0 Å². The Balaban J connectivity index is 2.01. The summed E-state index contributed by atoms with van der Waals surface area (Å²) in [4.78, 5) is 16.3. The molecule has 0 saturated heterocycles. The second-order valence-electron chi connectivity index (χ2n) is 6.44. The minimum Gasteiger partial charge on any atom is -0.383 e. The molecule has 0 saturated carbocycles. The van der Waals surface area contributed by atoms with Gasteiger partial charge in [-0.3, -0.25) is 4.79 Å². The van der Waals surface area contributed by atoms with E-state index in [2.05, 4.69) is 31.0 Å². The molecule has 1 heterocycles. The third-order valence-electron chi connectivity index (χ3n) is 4.98. The first-order valence-electron chi connectivity index (χ1n) is 8.42. The summed E-state index contributed by atoms with van der Waals surface area (Å²) < 4.78 is 6.27. The van der Waals surface area contributed by atoms with Gasteiger partial charge >= 0.3 is 0 Å². The van der Waals surface area contributed by atoms with Crippen LogP contribution < -0.4 is 10.3 Å². The SMILES string of the molecule is CCC1CCc2c(sc3cc(N(C)CCOC)ccc3c2=O)C1. The lowest BCUT2D eigenvalue weighted by molar-refractivity contribution is 0.206. The molecule has 1 aromatic heterocycles. The largest absolute Gasteiger partial charge is 0.383 e. The molecular formula is C19H25NO2S. The molecule has 1 aliphatic rings. The van der Waals surface area contributed by atoms with Gasteiger partial charge < -0.3 is 9.64 Å². The average Bonchev–Trinajstić information content (AvgIpc) is 2.58. The Kier molecular flexibility index (Phi) is 5.02. The van der Waals surface area contributed by atoms with Crippen LogP contribution in [0.2, 0.25) is 0 Å². The zero-order chi connectivity index (χ0) is 16.4. The Morgan fingerprint density at radius 2 is 2.22 bits per heavy atom. The van der Waals surface area contributed by atoms with E-state index in [9.17, 15) is 4.79 Å². The topological polar surface area (TPSA) is 29.5 Å². The van der Waals surface area contributed by atoms with Gasteiger partial charge in [0, 0.05) is 46.9 Å². The minimum atomic E-state index is 0.259. The summed E-state index contributed by atoms with van der Waals surface area (Å²) in [6, 6.07) is 6.21. The van der Waals surface area contributed by atoms with Gasteiger partial charge in [-0.2, -0.15) is 0 Å². The Morgan fingerprint density at radius 3 is 2.96 bits per heavy atom. The number of methoxy groups -OCH3 is 1. The number of hydrogen-bond acceptors (Lipinski definition) is 4. The van der Waals surface area contributed by atoms with E-state index in [0.29, 0.717) is 6.61 Å². The standard InChI is InChI=1S/C19H25NO2S/c1-4-13-5-7-15-17(11-13)23-18-12-14(20(2)9-10-22-3)6-8-16(18)19(15)21/h6,8,12-13H,4-5,7,9-11H2,1-3H3. The van der Waals surface area contributed by atoms with Gasteiger partial charge in [0.1, 0.15) is 0 Å². The van der Waals surface area contributed by atoms with Crippen molar-refractivity contribution in [1.29, 1.82) is 0 Å².